The van der Waals surface area contributed by atoms with Crippen molar-refractivity contribution in [3.8, 4) is 0 Å². The van der Waals surface area contributed by atoms with Gasteiger partial charge >= 0.3 is 0 Å². The predicted octanol–water partition coefficient (Wildman–Crippen LogP) is 7.53. The van der Waals surface area contributed by atoms with Crippen molar-refractivity contribution >= 4 is 69.7 Å². The highest BCUT2D eigenvalue weighted by molar-refractivity contribution is 8.00. The van der Waals surface area contributed by atoms with Gasteiger partial charge in [0.1, 0.15) is 0 Å². The highest BCUT2D eigenvalue weighted by Crippen LogP contribution is 2.34. The van der Waals surface area contributed by atoms with E-state index in [1.165, 1.54) is 17.8 Å². The van der Waals surface area contributed by atoms with Gasteiger partial charge in [-0.15, -0.1) is 11.8 Å². The van der Waals surface area contributed by atoms with E-state index >= 15 is 0 Å². The predicted molar refractivity (Wildman–Crippen MR) is 159 cm³/mol. The molecule has 4 aromatic carbocycles. The SMILES string of the molecule is CCC(Sc1cccc(NC(=O)c2ccc(Cl)cc2Cl)c1)C(=O)Nc1cccc2c1C(=O)c1ccccc1C2=O. The van der Waals surface area contributed by atoms with Crippen molar-refractivity contribution in [2.45, 2.75) is 23.5 Å². The van der Waals surface area contributed by atoms with Crippen LogP contribution in [0, 0.1) is 0 Å². The first-order chi connectivity index (χ1) is 19.3. The van der Waals surface area contributed by atoms with Crippen LogP contribution in [0.15, 0.2) is 89.8 Å². The number of rotatable bonds is 7. The van der Waals surface area contributed by atoms with Gasteiger partial charge < -0.3 is 10.6 Å². The van der Waals surface area contributed by atoms with E-state index in [1.807, 2.05) is 13.0 Å². The van der Waals surface area contributed by atoms with E-state index in [0.29, 0.717) is 33.9 Å². The Labute approximate surface area is 245 Å². The number of anilines is 2. The maximum atomic E-state index is 13.4. The maximum Gasteiger partial charge on any atom is 0.257 e. The van der Waals surface area contributed by atoms with Gasteiger partial charge in [-0.2, -0.15) is 0 Å². The standard InChI is InChI=1S/C31H22Cl2N2O4S/c1-2-26(40-19-8-5-7-18(16-19)34-30(38)22-14-13-17(32)15-24(22)33)31(39)35-25-12-6-11-23-27(25)29(37)21-10-4-3-9-20(21)28(23)36/h3-16,26H,2H2,1H3,(H,34,38)(H,35,39). The number of benzene rings is 4. The van der Waals surface area contributed by atoms with E-state index in [-0.39, 0.29) is 45.1 Å². The number of carbonyl (C=O) groups excluding carboxylic acids is 4. The van der Waals surface area contributed by atoms with E-state index in [4.69, 9.17) is 23.2 Å². The topological polar surface area (TPSA) is 92.3 Å². The van der Waals surface area contributed by atoms with Crippen LogP contribution in [-0.2, 0) is 4.79 Å². The van der Waals surface area contributed by atoms with Gasteiger partial charge in [0.2, 0.25) is 5.91 Å². The van der Waals surface area contributed by atoms with Gasteiger partial charge in [-0.25, -0.2) is 0 Å². The lowest BCUT2D eigenvalue weighted by atomic mass is 9.83. The first-order valence-electron chi connectivity index (χ1n) is 12.4. The fraction of sp³-hybridized carbons (Fsp3) is 0.0968. The lowest BCUT2D eigenvalue weighted by Gasteiger charge is -2.21. The van der Waals surface area contributed by atoms with Crippen LogP contribution >= 0.6 is 35.0 Å². The van der Waals surface area contributed by atoms with Crippen molar-refractivity contribution in [2.24, 2.45) is 0 Å². The lowest BCUT2D eigenvalue weighted by Crippen LogP contribution is -2.28. The van der Waals surface area contributed by atoms with Crippen LogP contribution in [0.1, 0.15) is 55.5 Å². The third-order valence-corrected chi connectivity index (χ3v) is 8.33. The number of ketones is 2. The number of carbonyl (C=O) groups is 4. The summed E-state index contributed by atoms with van der Waals surface area (Å²) in [6.45, 7) is 1.89. The molecule has 200 valence electrons. The smallest absolute Gasteiger partial charge is 0.257 e. The monoisotopic (exact) mass is 588 g/mol. The minimum absolute atomic E-state index is 0.199. The lowest BCUT2D eigenvalue weighted by molar-refractivity contribution is -0.115. The van der Waals surface area contributed by atoms with E-state index in [0.717, 1.165) is 4.90 Å². The molecule has 0 fully saturated rings. The van der Waals surface area contributed by atoms with Crippen molar-refractivity contribution < 1.29 is 19.2 Å². The van der Waals surface area contributed by atoms with Gasteiger partial charge in [0.15, 0.2) is 11.6 Å². The van der Waals surface area contributed by atoms with Crippen LogP contribution in [0.3, 0.4) is 0 Å². The molecule has 9 heteroatoms. The Morgan fingerprint density at radius 2 is 1.50 bits per heavy atom. The van der Waals surface area contributed by atoms with Crippen LogP contribution in [-0.4, -0.2) is 28.6 Å². The summed E-state index contributed by atoms with van der Waals surface area (Å²) in [6.07, 6.45) is 0.498. The summed E-state index contributed by atoms with van der Waals surface area (Å²) < 4.78 is 0. The van der Waals surface area contributed by atoms with E-state index in [2.05, 4.69) is 10.6 Å². The largest absolute Gasteiger partial charge is 0.324 e. The second kappa shape index (κ2) is 11.7. The number of hydrogen-bond acceptors (Lipinski definition) is 5. The van der Waals surface area contributed by atoms with Gasteiger partial charge in [-0.3, -0.25) is 19.2 Å². The molecule has 6 nitrogen and oxygen atoms in total. The Morgan fingerprint density at radius 3 is 2.23 bits per heavy atom. The molecule has 5 rings (SSSR count). The molecule has 40 heavy (non-hydrogen) atoms. The van der Waals surface area contributed by atoms with Crippen molar-refractivity contribution in [1.29, 1.82) is 0 Å². The molecule has 0 spiro atoms. The zero-order chi connectivity index (χ0) is 28.4. The van der Waals surface area contributed by atoms with Crippen LogP contribution in [0.5, 0.6) is 0 Å². The highest BCUT2D eigenvalue weighted by Gasteiger charge is 2.32. The Hall–Kier alpha value is -3.91. The summed E-state index contributed by atoms with van der Waals surface area (Å²) in [5.74, 6) is -1.24. The zero-order valence-electron chi connectivity index (χ0n) is 21.2. The van der Waals surface area contributed by atoms with Gasteiger partial charge in [0, 0.05) is 32.3 Å². The fourth-order valence-electron chi connectivity index (χ4n) is 4.47. The number of hydrogen-bond donors (Lipinski definition) is 2. The molecule has 0 saturated heterocycles. The van der Waals surface area contributed by atoms with Crippen LogP contribution in [0.2, 0.25) is 10.0 Å². The molecule has 4 aromatic rings. The van der Waals surface area contributed by atoms with Gasteiger partial charge in [0.05, 0.1) is 27.1 Å². The first-order valence-corrected chi connectivity index (χ1v) is 14.1. The Kier molecular flexibility index (Phi) is 8.07. The quantitative estimate of drug-likeness (QED) is 0.192. The summed E-state index contributed by atoms with van der Waals surface area (Å²) in [6, 6.07) is 23.3. The summed E-state index contributed by atoms with van der Waals surface area (Å²) >= 11 is 13.4. The third-order valence-electron chi connectivity index (χ3n) is 6.42. The van der Waals surface area contributed by atoms with Crippen molar-refractivity contribution in [1.82, 2.24) is 0 Å². The molecule has 1 unspecified atom stereocenters. The van der Waals surface area contributed by atoms with E-state index < -0.39 is 5.25 Å². The fourth-order valence-corrected chi connectivity index (χ4v) is 5.98. The Morgan fingerprint density at radius 1 is 0.800 bits per heavy atom. The molecule has 2 N–H and O–H groups in total. The van der Waals surface area contributed by atoms with Gasteiger partial charge in [-0.1, -0.05) is 72.6 Å². The molecule has 0 saturated carbocycles. The average molecular weight is 590 g/mol. The van der Waals surface area contributed by atoms with E-state index in [9.17, 15) is 19.2 Å². The number of thioether (sulfide) groups is 1. The van der Waals surface area contributed by atoms with Crippen molar-refractivity contribution in [2.75, 3.05) is 10.6 Å². The molecule has 1 aliphatic carbocycles. The number of fused-ring (bicyclic) bond motifs is 2. The molecule has 0 bridgehead atoms. The molecule has 0 aliphatic heterocycles. The summed E-state index contributed by atoms with van der Waals surface area (Å²) in [4.78, 5) is 53.2. The molecule has 0 radical (unpaired) electrons. The summed E-state index contributed by atoms with van der Waals surface area (Å²) in [7, 11) is 0. The van der Waals surface area contributed by atoms with Crippen LogP contribution < -0.4 is 10.6 Å². The average Bonchev–Trinajstić information content (AvgIpc) is 2.94. The molecule has 1 atom stereocenters. The molecule has 2 amide bonds. The minimum Gasteiger partial charge on any atom is -0.324 e. The summed E-state index contributed by atoms with van der Waals surface area (Å²) in [5.41, 5.74) is 2.28. The molecule has 0 aromatic heterocycles. The third kappa shape index (κ3) is 5.54. The van der Waals surface area contributed by atoms with Crippen molar-refractivity contribution in [3.63, 3.8) is 0 Å². The van der Waals surface area contributed by atoms with Crippen molar-refractivity contribution in [3.05, 3.63) is 123 Å². The second-order valence-corrected chi connectivity index (χ2v) is 11.2. The zero-order valence-corrected chi connectivity index (χ0v) is 23.5. The first kappa shape index (κ1) is 27.6. The van der Waals surface area contributed by atoms with Gasteiger partial charge in [-0.05, 0) is 48.9 Å². The number of amides is 2. The summed E-state index contributed by atoms with van der Waals surface area (Å²) in [5, 5.41) is 5.86. The highest BCUT2D eigenvalue weighted by atomic mass is 35.5. The normalized spacial score (nSPS) is 12.8. The van der Waals surface area contributed by atoms with Gasteiger partial charge in [0.25, 0.3) is 5.91 Å². The number of halogens is 2. The number of nitrogens with one attached hydrogen (secondary N) is 2. The van der Waals surface area contributed by atoms with E-state index in [1.54, 1.807) is 72.8 Å². The molecule has 1 aliphatic rings. The Balaban J connectivity index is 1.32. The molecular weight excluding hydrogens is 567 g/mol. The molecule has 0 heterocycles. The molecular formula is C31H22Cl2N2O4S. The van der Waals surface area contributed by atoms with Crippen LogP contribution in [0.4, 0.5) is 11.4 Å². The Bertz CT molecular complexity index is 1690. The minimum atomic E-state index is -0.505. The van der Waals surface area contributed by atoms with Crippen LogP contribution in [0.25, 0.3) is 0 Å². The maximum absolute atomic E-state index is 13.4. The second-order valence-electron chi connectivity index (χ2n) is 9.04.